The highest BCUT2D eigenvalue weighted by Gasteiger charge is 2.07. The normalized spacial score (nSPS) is 10.6. The third-order valence-electron chi connectivity index (χ3n) is 2.21. The Bertz CT molecular complexity index is 492. The molecular formula is C11H13ClN4. The Morgan fingerprint density at radius 3 is 2.94 bits per heavy atom. The number of nitrogens with two attached hydrogens (primary N) is 1. The summed E-state index contributed by atoms with van der Waals surface area (Å²) in [7, 11) is 1.88. The van der Waals surface area contributed by atoms with Gasteiger partial charge in [-0.25, -0.2) is 4.68 Å². The Morgan fingerprint density at radius 2 is 2.25 bits per heavy atom. The van der Waals surface area contributed by atoms with Crippen LogP contribution in [0, 0.1) is 0 Å². The molecule has 0 amide bonds. The summed E-state index contributed by atoms with van der Waals surface area (Å²) < 4.78 is 1.79. The highest BCUT2D eigenvalue weighted by Crippen LogP contribution is 2.17. The van der Waals surface area contributed by atoms with Crippen LogP contribution in [0.4, 0.5) is 5.82 Å². The fourth-order valence-corrected chi connectivity index (χ4v) is 1.76. The zero-order valence-electron chi connectivity index (χ0n) is 8.94. The van der Waals surface area contributed by atoms with Gasteiger partial charge in [0.25, 0.3) is 0 Å². The smallest absolute Gasteiger partial charge is 0.146 e. The zero-order valence-corrected chi connectivity index (χ0v) is 9.70. The van der Waals surface area contributed by atoms with E-state index in [-0.39, 0.29) is 0 Å². The van der Waals surface area contributed by atoms with Gasteiger partial charge in [-0.05, 0) is 25.2 Å². The van der Waals surface area contributed by atoms with E-state index in [9.17, 15) is 0 Å². The number of nitrogen functional groups attached to an aromatic ring is 1. The minimum absolute atomic E-state index is 0.505. The molecule has 1 aromatic carbocycles. The van der Waals surface area contributed by atoms with Crippen LogP contribution in [0.25, 0.3) is 5.69 Å². The number of hydrogen-bond acceptors (Lipinski definition) is 3. The minimum atomic E-state index is 0.505. The van der Waals surface area contributed by atoms with Crippen molar-refractivity contribution in [2.75, 3.05) is 12.8 Å². The van der Waals surface area contributed by atoms with E-state index >= 15 is 0 Å². The second-order valence-corrected chi connectivity index (χ2v) is 3.92. The Hall–Kier alpha value is -1.52. The van der Waals surface area contributed by atoms with Crippen LogP contribution in [0.15, 0.2) is 30.3 Å². The fourth-order valence-electron chi connectivity index (χ4n) is 1.58. The molecule has 0 aliphatic heterocycles. The molecule has 0 aliphatic carbocycles. The minimum Gasteiger partial charge on any atom is -0.382 e. The highest BCUT2D eigenvalue weighted by atomic mass is 35.5. The molecule has 0 unspecified atom stereocenters. The number of nitrogens with zero attached hydrogens (tertiary/aromatic N) is 2. The summed E-state index contributed by atoms with van der Waals surface area (Å²) in [4.78, 5) is 0. The van der Waals surface area contributed by atoms with Crippen LogP contribution in [0.5, 0.6) is 0 Å². The van der Waals surface area contributed by atoms with Gasteiger partial charge in [0.1, 0.15) is 5.82 Å². The van der Waals surface area contributed by atoms with Crippen molar-refractivity contribution in [1.29, 1.82) is 0 Å². The molecule has 2 aromatic rings. The summed E-state index contributed by atoms with van der Waals surface area (Å²) in [6.45, 7) is 0.705. The van der Waals surface area contributed by atoms with Gasteiger partial charge in [-0.1, -0.05) is 17.7 Å². The van der Waals surface area contributed by atoms with E-state index in [0.717, 1.165) is 11.4 Å². The Morgan fingerprint density at radius 1 is 1.44 bits per heavy atom. The lowest BCUT2D eigenvalue weighted by Gasteiger charge is -2.06. The molecule has 0 spiro atoms. The molecule has 84 valence electrons. The molecule has 16 heavy (non-hydrogen) atoms. The Kier molecular flexibility index (Phi) is 3.12. The van der Waals surface area contributed by atoms with Crippen molar-refractivity contribution in [1.82, 2.24) is 15.1 Å². The lowest BCUT2D eigenvalue weighted by Crippen LogP contribution is -2.10. The van der Waals surface area contributed by atoms with Crippen molar-refractivity contribution in [3.8, 4) is 5.69 Å². The second kappa shape index (κ2) is 4.55. The largest absolute Gasteiger partial charge is 0.382 e. The van der Waals surface area contributed by atoms with Crippen molar-refractivity contribution >= 4 is 17.4 Å². The second-order valence-electron chi connectivity index (χ2n) is 3.48. The number of benzene rings is 1. The van der Waals surface area contributed by atoms with E-state index in [0.29, 0.717) is 17.4 Å². The molecule has 5 heteroatoms. The van der Waals surface area contributed by atoms with Crippen molar-refractivity contribution in [3.63, 3.8) is 0 Å². The average molecular weight is 237 g/mol. The van der Waals surface area contributed by atoms with Crippen molar-refractivity contribution in [3.05, 3.63) is 41.0 Å². The van der Waals surface area contributed by atoms with Gasteiger partial charge in [0.15, 0.2) is 0 Å². The standard InChI is InChI=1S/C11H13ClN4/c1-14-7-10-6-11(13)15-16(10)9-4-2-3-8(12)5-9/h2-6,14H,7H2,1H3,(H2,13,15). The van der Waals surface area contributed by atoms with E-state index in [1.54, 1.807) is 4.68 Å². The maximum absolute atomic E-state index is 5.94. The molecule has 1 heterocycles. The van der Waals surface area contributed by atoms with Gasteiger partial charge in [-0.15, -0.1) is 0 Å². The number of rotatable bonds is 3. The first-order valence-electron chi connectivity index (χ1n) is 4.95. The predicted molar refractivity (Wildman–Crippen MR) is 65.8 cm³/mol. The van der Waals surface area contributed by atoms with Gasteiger partial charge < -0.3 is 11.1 Å². The van der Waals surface area contributed by atoms with Gasteiger partial charge in [-0.2, -0.15) is 5.10 Å². The maximum atomic E-state index is 5.94. The van der Waals surface area contributed by atoms with Crippen LogP contribution >= 0.6 is 11.6 Å². The SMILES string of the molecule is CNCc1cc(N)nn1-c1cccc(Cl)c1. The first-order chi connectivity index (χ1) is 7.70. The third-order valence-corrected chi connectivity index (χ3v) is 2.45. The molecule has 0 saturated carbocycles. The monoisotopic (exact) mass is 236 g/mol. The Labute approximate surface area is 99.0 Å². The molecule has 0 aliphatic rings. The molecule has 0 radical (unpaired) electrons. The molecule has 1 aromatic heterocycles. The summed E-state index contributed by atoms with van der Waals surface area (Å²) in [5.41, 5.74) is 7.61. The molecule has 0 bridgehead atoms. The average Bonchev–Trinajstić information content (AvgIpc) is 2.60. The molecule has 0 fully saturated rings. The van der Waals surface area contributed by atoms with E-state index in [1.165, 1.54) is 0 Å². The first-order valence-corrected chi connectivity index (χ1v) is 5.33. The molecular weight excluding hydrogens is 224 g/mol. The number of nitrogens with one attached hydrogen (secondary N) is 1. The van der Waals surface area contributed by atoms with Crippen molar-refractivity contribution in [2.24, 2.45) is 0 Å². The van der Waals surface area contributed by atoms with E-state index in [4.69, 9.17) is 17.3 Å². The van der Waals surface area contributed by atoms with Crippen molar-refractivity contribution in [2.45, 2.75) is 6.54 Å². The van der Waals surface area contributed by atoms with Gasteiger partial charge in [-0.3, -0.25) is 0 Å². The maximum Gasteiger partial charge on any atom is 0.146 e. The topological polar surface area (TPSA) is 55.9 Å². The van der Waals surface area contributed by atoms with Crippen LogP contribution in [0.3, 0.4) is 0 Å². The highest BCUT2D eigenvalue weighted by molar-refractivity contribution is 6.30. The number of anilines is 1. The number of halogens is 1. The molecule has 4 nitrogen and oxygen atoms in total. The summed E-state index contributed by atoms with van der Waals surface area (Å²) in [5, 5.41) is 7.99. The third kappa shape index (κ3) is 2.18. The summed E-state index contributed by atoms with van der Waals surface area (Å²) >= 11 is 5.94. The van der Waals surface area contributed by atoms with Gasteiger partial charge in [0.2, 0.25) is 0 Å². The van der Waals surface area contributed by atoms with E-state index < -0.39 is 0 Å². The summed E-state index contributed by atoms with van der Waals surface area (Å²) in [6.07, 6.45) is 0. The van der Waals surface area contributed by atoms with Gasteiger partial charge >= 0.3 is 0 Å². The van der Waals surface area contributed by atoms with Crippen LogP contribution in [0.1, 0.15) is 5.69 Å². The lowest BCUT2D eigenvalue weighted by atomic mass is 10.3. The zero-order chi connectivity index (χ0) is 11.5. The van der Waals surface area contributed by atoms with E-state index in [1.807, 2.05) is 37.4 Å². The van der Waals surface area contributed by atoms with Crippen molar-refractivity contribution < 1.29 is 0 Å². The molecule has 2 rings (SSSR count). The lowest BCUT2D eigenvalue weighted by molar-refractivity contribution is 0.730. The number of aromatic nitrogens is 2. The Balaban J connectivity index is 2.46. The molecule has 0 saturated heterocycles. The fraction of sp³-hybridized carbons (Fsp3) is 0.182. The van der Waals surface area contributed by atoms with Crippen LogP contribution in [0.2, 0.25) is 5.02 Å². The van der Waals surface area contributed by atoms with Gasteiger partial charge in [0, 0.05) is 17.6 Å². The number of hydrogen-bond donors (Lipinski definition) is 2. The van der Waals surface area contributed by atoms with Crippen LogP contribution in [-0.4, -0.2) is 16.8 Å². The molecule has 0 atom stereocenters. The summed E-state index contributed by atoms with van der Waals surface area (Å²) in [5.74, 6) is 0.505. The van der Waals surface area contributed by atoms with Crippen LogP contribution in [-0.2, 0) is 6.54 Å². The van der Waals surface area contributed by atoms with Crippen LogP contribution < -0.4 is 11.1 Å². The molecule has 3 N–H and O–H groups in total. The van der Waals surface area contributed by atoms with E-state index in [2.05, 4.69) is 10.4 Å². The predicted octanol–water partition coefficient (Wildman–Crippen LogP) is 1.83. The van der Waals surface area contributed by atoms with Gasteiger partial charge in [0.05, 0.1) is 11.4 Å². The first kappa shape index (κ1) is 11.0. The quantitative estimate of drug-likeness (QED) is 0.855. The summed E-state index contributed by atoms with van der Waals surface area (Å²) in [6, 6.07) is 9.36.